The van der Waals surface area contributed by atoms with Gasteiger partial charge in [0, 0.05) is 11.8 Å². The first-order chi connectivity index (χ1) is 11.1. The van der Waals surface area contributed by atoms with Gasteiger partial charge in [-0.05, 0) is 24.3 Å². The van der Waals surface area contributed by atoms with Crippen LogP contribution in [0.25, 0.3) is 0 Å². The molecule has 23 heavy (non-hydrogen) atoms. The Hall–Kier alpha value is -1.79. The molecule has 2 aromatic rings. The summed E-state index contributed by atoms with van der Waals surface area (Å²) in [4.78, 5) is 11.7. The van der Waals surface area contributed by atoms with Gasteiger partial charge in [0.1, 0.15) is 17.4 Å². The van der Waals surface area contributed by atoms with Crippen LogP contribution in [-0.4, -0.2) is 24.0 Å². The van der Waals surface area contributed by atoms with Gasteiger partial charge in [-0.15, -0.1) is 11.8 Å². The molecule has 0 bridgehead atoms. The van der Waals surface area contributed by atoms with Crippen molar-refractivity contribution in [1.29, 1.82) is 0 Å². The predicted octanol–water partition coefficient (Wildman–Crippen LogP) is 4.37. The fourth-order valence-electron chi connectivity index (χ4n) is 1.72. The number of para-hydroxylation sites is 1. The Kier molecular flexibility index (Phi) is 6.67. The zero-order chi connectivity index (χ0) is 16.7. The Labute approximate surface area is 142 Å². The average molecular weight is 358 g/mol. The highest BCUT2D eigenvalue weighted by atomic mass is 35.5. The van der Waals surface area contributed by atoms with Crippen molar-refractivity contribution in [2.45, 2.75) is 0 Å². The maximum Gasteiger partial charge on any atom is 0.234 e. The largest absolute Gasteiger partial charge is 0.491 e. The number of carbonyl (C=O) groups excluding carboxylic acids is 1. The second-order valence-corrected chi connectivity index (χ2v) is 6.02. The number of anilines is 1. The van der Waals surface area contributed by atoms with E-state index < -0.39 is 17.5 Å². The molecule has 2 rings (SSSR count). The molecule has 0 spiro atoms. The summed E-state index contributed by atoms with van der Waals surface area (Å²) in [5.41, 5.74) is -0.164. The molecule has 0 aromatic heterocycles. The lowest BCUT2D eigenvalue weighted by atomic mass is 10.3. The summed E-state index contributed by atoms with van der Waals surface area (Å²) in [7, 11) is 0. The molecule has 0 aliphatic carbocycles. The second kappa shape index (κ2) is 8.74. The third-order valence-electron chi connectivity index (χ3n) is 2.76. The molecule has 0 fully saturated rings. The van der Waals surface area contributed by atoms with E-state index in [-0.39, 0.29) is 11.4 Å². The number of ether oxygens (including phenoxy) is 1. The highest BCUT2D eigenvalue weighted by Crippen LogP contribution is 2.23. The molecule has 3 nitrogen and oxygen atoms in total. The zero-order valence-electron chi connectivity index (χ0n) is 12.0. The van der Waals surface area contributed by atoms with Crippen LogP contribution in [0.3, 0.4) is 0 Å². The van der Waals surface area contributed by atoms with Gasteiger partial charge in [0.2, 0.25) is 5.91 Å². The van der Waals surface area contributed by atoms with Crippen LogP contribution in [0.1, 0.15) is 0 Å². The van der Waals surface area contributed by atoms with E-state index in [2.05, 4.69) is 5.32 Å². The minimum Gasteiger partial charge on any atom is -0.491 e. The fourth-order valence-corrected chi connectivity index (χ4v) is 2.51. The number of benzene rings is 2. The topological polar surface area (TPSA) is 38.3 Å². The van der Waals surface area contributed by atoms with Gasteiger partial charge in [0.25, 0.3) is 0 Å². The molecule has 0 saturated heterocycles. The van der Waals surface area contributed by atoms with Gasteiger partial charge in [-0.1, -0.05) is 23.7 Å². The number of nitrogens with one attached hydrogen (secondary N) is 1. The predicted molar refractivity (Wildman–Crippen MR) is 89.3 cm³/mol. The number of amides is 1. The molecule has 0 saturated carbocycles. The summed E-state index contributed by atoms with van der Waals surface area (Å²) in [6.45, 7) is 0.385. The van der Waals surface area contributed by atoms with Gasteiger partial charge in [0.05, 0.1) is 23.1 Å². The van der Waals surface area contributed by atoms with E-state index in [4.69, 9.17) is 16.3 Å². The van der Waals surface area contributed by atoms with E-state index in [1.807, 2.05) is 6.07 Å². The van der Waals surface area contributed by atoms with Crippen molar-refractivity contribution in [3.63, 3.8) is 0 Å². The van der Waals surface area contributed by atoms with E-state index in [1.165, 1.54) is 11.8 Å². The van der Waals surface area contributed by atoms with Gasteiger partial charge >= 0.3 is 0 Å². The summed E-state index contributed by atoms with van der Waals surface area (Å²) in [6, 6.07) is 10.0. The Bertz CT molecular complexity index is 685. The van der Waals surface area contributed by atoms with Crippen molar-refractivity contribution in [2.24, 2.45) is 0 Å². The van der Waals surface area contributed by atoms with Gasteiger partial charge < -0.3 is 10.1 Å². The Morgan fingerprint density at radius 3 is 2.78 bits per heavy atom. The van der Waals surface area contributed by atoms with Crippen molar-refractivity contribution in [1.82, 2.24) is 0 Å². The van der Waals surface area contributed by atoms with Crippen LogP contribution in [-0.2, 0) is 4.79 Å². The molecular formula is C16H14ClF2NO2S. The molecule has 1 amide bonds. The number of halogens is 3. The number of carbonyl (C=O) groups is 1. The number of hydrogen-bond acceptors (Lipinski definition) is 3. The summed E-state index contributed by atoms with van der Waals surface area (Å²) < 4.78 is 31.8. The molecule has 1 N–H and O–H groups in total. The quantitative estimate of drug-likeness (QED) is 0.748. The minimum absolute atomic E-state index is 0.113. The number of thioether (sulfide) groups is 1. The van der Waals surface area contributed by atoms with E-state index in [0.29, 0.717) is 23.1 Å². The van der Waals surface area contributed by atoms with E-state index in [0.717, 1.165) is 18.2 Å². The molecule has 0 atom stereocenters. The lowest BCUT2D eigenvalue weighted by Crippen LogP contribution is -2.16. The van der Waals surface area contributed by atoms with Crippen LogP contribution >= 0.6 is 23.4 Å². The van der Waals surface area contributed by atoms with Gasteiger partial charge in [-0.25, -0.2) is 8.78 Å². The number of rotatable bonds is 7. The van der Waals surface area contributed by atoms with Crippen molar-refractivity contribution in [3.8, 4) is 5.75 Å². The van der Waals surface area contributed by atoms with Crippen molar-refractivity contribution in [3.05, 3.63) is 59.1 Å². The maximum atomic E-state index is 13.4. The van der Waals surface area contributed by atoms with E-state index in [1.54, 1.807) is 18.2 Å². The minimum atomic E-state index is -0.674. The lowest BCUT2D eigenvalue weighted by Gasteiger charge is -2.08. The summed E-state index contributed by atoms with van der Waals surface area (Å²) in [6.07, 6.45) is 0. The molecule has 0 heterocycles. The molecule has 0 aliphatic heterocycles. The third kappa shape index (κ3) is 5.73. The van der Waals surface area contributed by atoms with Gasteiger partial charge in [-0.2, -0.15) is 0 Å². The maximum absolute atomic E-state index is 13.4. The van der Waals surface area contributed by atoms with Crippen LogP contribution in [0.5, 0.6) is 5.75 Å². The van der Waals surface area contributed by atoms with Crippen molar-refractivity contribution in [2.75, 3.05) is 23.4 Å². The first-order valence-electron chi connectivity index (χ1n) is 6.76. The standard InChI is InChI=1S/C16H14ClF2NO2S/c17-12-3-1-2-4-15(12)22-7-8-23-10-16(21)20-14-9-11(18)5-6-13(14)19/h1-6,9H,7-8,10H2,(H,20,21). The molecule has 0 unspecified atom stereocenters. The monoisotopic (exact) mass is 357 g/mol. The Balaban J connectivity index is 1.69. The summed E-state index contributed by atoms with van der Waals surface area (Å²) in [5, 5.41) is 2.86. The van der Waals surface area contributed by atoms with E-state index >= 15 is 0 Å². The molecule has 0 aliphatic rings. The van der Waals surface area contributed by atoms with Crippen LogP contribution in [0.2, 0.25) is 5.02 Å². The molecule has 122 valence electrons. The van der Waals surface area contributed by atoms with Crippen molar-refractivity contribution >= 4 is 35.0 Å². The van der Waals surface area contributed by atoms with Crippen LogP contribution in [0, 0.1) is 11.6 Å². The van der Waals surface area contributed by atoms with Crippen LogP contribution < -0.4 is 10.1 Å². The Morgan fingerprint density at radius 1 is 1.22 bits per heavy atom. The smallest absolute Gasteiger partial charge is 0.234 e. The fraction of sp³-hybridized carbons (Fsp3) is 0.188. The molecule has 0 radical (unpaired) electrons. The SMILES string of the molecule is O=C(CSCCOc1ccccc1Cl)Nc1cc(F)ccc1F. The first kappa shape index (κ1) is 17.6. The van der Waals surface area contributed by atoms with Crippen LogP contribution in [0.4, 0.5) is 14.5 Å². The second-order valence-electron chi connectivity index (χ2n) is 4.50. The van der Waals surface area contributed by atoms with Gasteiger partial charge in [-0.3, -0.25) is 4.79 Å². The number of hydrogen-bond donors (Lipinski definition) is 1. The van der Waals surface area contributed by atoms with Crippen molar-refractivity contribution < 1.29 is 18.3 Å². The van der Waals surface area contributed by atoms with E-state index in [9.17, 15) is 13.6 Å². The highest BCUT2D eigenvalue weighted by Gasteiger charge is 2.08. The highest BCUT2D eigenvalue weighted by molar-refractivity contribution is 7.99. The molecular weight excluding hydrogens is 344 g/mol. The first-order valence-corrected chi connectivity index (χ1v) is 8.29. The normalized spacial score (nSPS) is 10.4. The molecule has 7 heteroatoms. The summed E-state index contributed by atoms with van der Waals surface area (Å²) >= 11 is 7.26. The molecule has 2 aromatic carbocycles. The van der Waals surface area contributed by atoms with Crippen LogP contribution in [0.15, 0.2) is 42.5 Å². The third-order valence-corrected chi connectivity index (χ3v) is 3.99. The summed E-state index contributed by atoms with van der Waals surface area (Å²) in [5.74, 6) is -0.431. The average Bonchev–Trinajstić information content (AvgIpc) is 2.52. The van der Waals surface area contributed by atoms with Gasteiger partial charge in [0.15, 0.2) is 0 Å². The zero-order valence-corrected chi connectivity index (χ0v) is 13.6. The Morgan fingerprint density at radius 2 is 2.00 bits per heavy atom. The lowest BCUT2D eigenvalue weighted by molar-refractivity contribution is -0.113.